The van der Waals surface area contributed by atoms with Gasteiger partial charge in [0.2, 0.25) is 5.76 Å². The van der Waals surface area contributed by atoms with E-state index < -0.39 is 17.9 Å². The van der Waals surface area contributed by atoms with Crippen molar-refractivity contribution in [2.24, 2.45) is 5.92 Å². The highest BCUT2D eigenvalue weighted by atomic mass is 16.4. The second-order valence-corrected chi connectivity index (χ2v) is 4.90. The van der Waals surface area contributed by atoms with Gasteiger partial charge in [0, 0.05) is 6.54 Å². The highest BCUT2D eigenvalue weighted by Gasteiger charge is 2.18. The molecular formula is C14H21NO5. The number of carbonyl (C=O) groups is 2. The maximum absolute atomic E-state index is 10.9. The first kappa shape index (κ1) is 16.2. The minimum Gasteiger partial charge on any atom is -0.481 e. The van der Waals surface area contributed by atoms with Gasteiger partial charge in [-0.3, -0.25) is 9.69 Å². The van der Waals surface area contributed by atoms with Crippen molar-refractivity contribution in [2.75, 3.05) is 13.1 Å². The van der Waals surface area contributed by atoms with Gasteiger partial charge in [-0.15, -0.1) is 0 Å². The molecule has 0 bridgehead atoms. The van der Waals surface area contributed by atoms with Gasteiger partial charge in [0.05, 0.1) is 12.5 Å². The number of carboxylic acid groups (broad SMARTS) is 2. The average Bonchev–Trinajstić information content (AvgIpc) is 2.84. The predicted molar refractivity (Wildman–Crippen MR) is 72.7 cm³/mol. The van der Waals surface area contributed by atoms with Gasteiger partial charge in [-0.05, 0) is 25.1 Å². The third kappa shape index (κ3) is 5.05. The molecule has 1 aromatic rings. The summed E-state index contributed by atoms with van der Waals surface area (Å²) in [6.45, 7) is 5.32. The lowest BCUT2D eigenvalue weighted by molar-refractivity contribution is -0.141. The van der Waals surface area contributed by atoms with Crippen molar-refractivity contribution in [1.29, 1.82) is 0 Å². The van der Waals surface area contributed by atoms with Crippen LogP contribution in [0.4, 0.5) is 0 Å². The molecule has 6 nitrogen and oxygen atoms in total. The van der Waals surface area contributed by atoms with Gasteiger partial charge in [0.1, 0.15) is 5.76 Å². The number of carboxylic acids is 2. The zero-order valence-corrected chi connectivity index (χ0v) is 11.8. The Hall–Kier alpha value is -1.82. The number of rotatable bonds is 9. The van der Waals surface area contributed by atoms with Crippen molar-refractivity contribution < 1.29 is 24.2 Å². The first-order valence-electron chi connectivity index (χ1n) is 6.71. The average molecular weight is 283 g/mol. The molecule has 0 aliphatic rings. The number of aliphatic carboxylic acids is 1. The fourth-order valence-corrected chi connectivity index (χ4v) is 1.88. The van der Waals surface area contributed by atoms with E-state index in [-0.39, 0.29) is 5.76 Å². The van der Waals surface area contributed by atoms with Crippen LogP contribution in [0.5, 0.6) is 0 Å². The summed E-state index contributed by atoms with van der Waals surface area (Å²) in [7, 11) is 0. The fourth-order valence-electron chi connectivity index (χ4n) is 1.88. The van der Waals surface area contributed by atoms with Crippen LogP contribution in [-0.4, -0.2) is 40.1 Å². The SMILES string of the molecule is CCCCN(Cc1ccc(C(=O)O)o1)CC(C)C(=O)O. The van der Waals surface area contributed by atoms with Crippen LogP contribution in [0.1, 0.15) is 43.0 Å². The second kappa shape index (κ2) is 7.69. The lowest BCUT2D eigenvalue weighted by atomic mass is 10.1. The summed E-state index contributed by atoms with van der Waals surface area (Å²) in [5.41, 5.74) is 0. The normalized spacial score (nSPS) is 12.6. The quantitative estimate of drug-likeness (QED) is 0.722. The minimum atomic E-state index is -1.10. The predicted octanol–water partition coefficient (Wildman–Crippen LogP) is 2.30. The van der Waals surface area contributed by atoms with E-state index in [0.717, 1.165) is 19.4 Å². The van der Waals surface area contributed by atoms with Crippen LogP contribution < -0.4 is 0 Å². The Morgan fingerprint density at radius 2 is 2.05 bits per heavy atom. The molecule has 20 heavy (non-hydrogen) atoms. The van der Waals surface area contributed by atoms with E-state index >= 15 is 0 Å². The van der Waals surface area contributed by atoms with Crippen LogP contribution in [0, 0.1) is 5.92 Å². The van der Waals surface area contributed by atoms with E-state index in [1.807, 2.05) is 4.90 Å². The molecule has 112 valence electrons. The summed E-state index contributed by atoms with van der Waals surface area (Å²) in [6, 6.07) is 3.03. The molecule has 0 aromatic carbocycles. The number of nitrogens with zero attached hydrogens (tertiary/aromatic N) is 1. The summed E-state index contributed by atoms with van der Waals surface area (Å²) >= 11 is 0. The summed E-state index contributed by atoms with van der Waals surface area (Å²) in [5.74, 6) is -1.97. The first-order valence-corrected chi connectivity index (χ1v) is 6.71. The molecule has 2 N–H and O–H groups in total. The van der Waals surface area contributed by atoms with E-state index in [0.29, 0.717) is 18.8 Å². The Bertz CT molecular complexity index is 454. The summed E-state index contributed by atoms with van der Waals surface area (Å²) in [4.78, 5) is 23.7. The smallest absolute Gasteiger partial charge is 0.371 e. The third-order valence-electron chi connectivity index (χ3n) is 3.03. The lowest BCUT2D eigenvalue weighted by Crippen LogP contribution is -2.32. The largest absolute Gasteiger partial charge is 0.481 e. The summed E-state index contributed by atoms with van der Waals surface area (Å²) < 4.78 is 5.21. The van der Waals surface area contributed by atoms with Crippen LogP contribution in [-0.2, 0) is 11.3 Å². The Labute approximate surface area is 118 Å². The van der Waals surface area contributed by atoms with Gasteiger partial charge in [0.25, 0.3) is 0 Å². The Morgan fingerprint density at radius 3 is 2.55 bits per heavy atom. The van der Waals surface area contributed by atoms with Crippen molar-refractivity contribution in [3.8, 4) is 0 Å². The van der Waals surface area contributed by atoms with Gasteiger partial charge < -0.3 is 14.6 Å². The summed E-state index contributed by atoms with van der Waals surface area (Å²) in [6.07, 6.45) is 1.97. The number of aromatic carboxylic acids is 1. The Balaban J connectivity index is 2.67. The maximum atomic E-state index is 10.9. The molecule has 1 unspecified atom stereocenters. The van der Waals surface area contributed by atoms with E-state index in [1.54, 1.807) is 13.0 Å². The molecule has 1 heterocycles. The lowest BCUT2D eigenvalue weighted by Gasteiger charge is -2.22. The molecule has 0 spiro atoms. The molecule has 0 aliphatic carbocycles. The molecule has 0 amide bonds. The minimum absolute atomic E-state index is 0.0956. The van der Waals surface area contributed by atoms with E-state index in [4.69, 9.17) is 14.6 Å². The molecule has 1 atom stereocenters. The number of unbranched alkanes of at least 4 members (excludes halogenated alkanes) is 1. The van der Waals surface area contributed by atoms with Gasteiger partial charge in [-0.2, -0.15) is 0 Å². The van der Waals surface area contributed by atoms with Crippen LogP contribution in [0.3, 0.4) is 0 Å². The van der Waals surface area contributed by atoms with Crippen molar-refractivity contribution >= 4 is 11.9 Å². The highest BCUT2D eigenvalue weighted by molar-refractivity contribution is 5.84. The molecule has 1 rings (SSSR count). The van der Waals surface area contributed by atoms with Crippen LogP contribution in [0.25, 0.3) is 0 Å². The molecule has 0 saturated heterocycles. The van der Waals surface area contributed by atoms with Crippen LogP contribution in [0.15, 0.2) is 16.5 Å². The fraction of sp³-hybridized carbons (Fsp3) is 0.571. The molecule has 0 radical (unpaired) electrons. The number of hydrogen-bond donors (Lipinski definition) is 2. The van der Waals surface area contributed by atoms with Crippen molar-refractivity contribution in [1.82, 2.24) is 4.90 Å². The number of hydrogen-bond acceptors (Lipinski definition) is 4. The first-order chi connectivity index (χ1) is 9.43. The second-order valence-electron chi connectivity index (χ2n) is 4.90. The van der Waals surface area contributed by atoms with Gasteiger partial charge in [-0.25, -0.2) is 4.79 Å². The summed E-state index contributed by atoms with van der Waals surface area (Å²) in [5, 5.41) is 17.8. The standard InChI is InChI=1S/C14H21NO5/c1-3-4-7-15(8-10(2)13(16)17)9-11-5-6-12(20-11)14(18)19/h5-6,10H,3-4,7-9H2,1-2H3,(H,16,17)(H,18,19). The van der Waals surface area contributed by atoms with Crippen molar-refractivity contribution in [3.05, 3.63) is 23.7 Å². The Kier molecular flexibility index (Phi) is 6.24. The van der Waals surface area contributed by atoms with E-state index in [9.17, 15) is 9.59 Å². The zero-order valence-electron chi connectivity index (χ0n) is 11.8. The van der Waals surface area contributed by atoms with Gasteiger partial charge in [-0.1, -0.05) is 20.3 Å². The Morgan fingerprint density at radius 1 is 1.35 bits per heavy atom. The van der Waals surface area contributed by atoms with Gasteiger partial charge in [0.15, 0.2) is 0 Å². The zero-order chi connectivity index (χ0) is 15.1. The molecular weight excluding hydrogens is 262 g/mol. The monoisotopic (exact) mass is 283 g/mol. The molecule has 6 heteroatoms. The third-order valence-corrected chi connectivity index (χ3v) is 3.03. The molecule has 0 aliphatic heterocycles. The molecule has 1 aromatic heterocycles. The van der Waals surface area contributed by atoms with E-state index in [1.165, 1.54) is 6.07 Å². The molecule has 0 saturated carbocycles. The van der Waals surface area contributed by atoms with Crippen LogP contribution >= 0.6 is 0 Å². The van der Waals surface area contributed by atoms with Crippen molar-refractivity contribution in [2.45, 2.75) is 33.2 Å². The topological polar surface area (TPSA) is 91.0 Å². The van der Waals surface area contributed by atoms with Crippen LogP contribution in [0.2, 0.25) is 0 Å². The van der Waals surface area contributed by atoms with E-state index in [2.05, 4.69) is 6.92 Å². The highest BCUT2D eigenvalue weighted by Crippen LogP contribution is 2.13. The number of furan rings is 1. The molecule has 0 fully saturated rings. The van der Waals surface area contributed by atoms with Gasteiger partial charge >= 0.3 is 11.9 Å². The maximum Gasteiger partial charge on any atom is 0.371 e. The van der Waals surface area contributed by atoms with Crippen molar-refractivity contribution in [3.63, 3.8) is 0 Å².